The molecular weight excluding hydrogens is 281 g/mol. The van der Waals surface area contributed by atoms with Gasteiger partial charge in [-0.1, -0.05) is 24.3 Å². The second-order valence-electron chi connectivity index (χ2n) is 5.35. The van der Waals surface area contributed by atoms with Crippen molar-refractivity contribution >= 4 is 16.9 Å². The fraction of sp³-hybridized carbons (Fsp3) is 0.167. The number of carbonyl (C=O) groups is 1. The number of hydrogen-bond acceptors (Lipinski definition) is 2. The minimum Gasteiger partial charge on any atom is -0.459 e. The van der Waals surface area contributed by atoms with E-state index in [2.05, 4.69) is 5.32 Å². The summed E-state index contributed by atoms with van der Waals surface area (Å²) in [6.07, 6.45) is 0. The Kier molecular flexibility index (Phi) is 3.67. The zero-order chi connectivity index (χ0) is 15.7. The molecule has 3 aromatic rings. The van der Waals surface area contributed by atoms with E-state index < -0.39 is 0 Å². The van der Waals surface area contributed by atoms with E-state index in [1.165, 1.54) is 6.07 Å². The van der Waals surface area contributed by atoms with Crippen LogP contribution in [0.4, 0.5) is 4.39 Å². The largest absolute Gasteiger partial charge is 0.459 e. The van der Waals surface area contributed by atoms with Crippen LogP contribution in [0.1, 0.15) is 34.6 Å². The van der Waals surface area contributed by atoms with Crippen LogP contribution in [0.25, 0.3) is 11.0 Å². The predicted molar refractivity (Wildman–Crippen MR) is 83.2 cm³/mol. The molecule has 4 heteroatoms. The summed E-state index contributed by atoms with van der Waals surface area (Å²) in [6.45, 7) is 3.49. The first-order chi connectivity index (χ1) is 10.5. The maximum absolute atomic E-state index is 13.5. The van der Waals surface area contributed by atoms with Crippen molar-refractivity contribution in [2.24, 2.45) is 0 Å². The molecule has 1 heterocycles. The van der Waals surface area contributed by atoms with Gasteiger partial charge < -0.3 is 9.73 Å². The Labute approximate surface area is 127 Å². The van der Waals surface area contributed by atoms with Gasteiger partial charge in [0.2, 0.25) is 0 Å². The molecule has 0 saturated heterocycles. The number of furan rings is 1. The summed E-state index contributed by atoms with van der Waals surface area (Å²) in [5.41, 5.74) is 1.59. The van der Waals surface area contributed by atoms with Gasteiger partial charge in [0.25, 0.3) is 5.91 Å². The molecule has 3 rings (SSSR count). The highest BCUT2D eigenvalue weighted by atomic mass is 19.1. The Hall–Kier alpha value is -2.62. The predicted octanol–water partition coefficient (Wildman–Crippen LogP) is 4.37. The van der Waals surface area contributed by atoms with Gasteiger partial charge in [-0.25, -0.2) is 4.39 Å². The molecule has 0 saturated carbocycles. The van der Waals surface area contributed by atoms with Gasteiger partial charge in [-0.3, -0.25) is 4.79 Å². The van der Waals surface area contributed by atoms with Crippen LogP contribution in [0.3, 0.4) is 0 Å². The van der Waals surface area contributed by atoms with Crippen LogP contribution in [0.15, 0.2) is 52.9 Å². The Morgan fingerprint density at radius 3 is 2.68 bits per heavy atom. The quantitative estimate of drug-likeness (QED) is 0.780. The van der Waals surface area contributed by atoms with Gasteiger partial charge >= 0.3 is 0 Å². The topological polar surface area (TPSA) is 42.2 Å². The van der Waals surface area contributed by atoms with Crippen molar-refractivity contribution < 1.29 is 13.6 Å². The number of rotatable bonds is 3. The molecule has 1 unspecified atom stereocenters. The molecule has 0 spiro atoms. The number of carbonyl (C=O) groups excluding carboxylic acids is 1. The summed E-state index contributed by atoms with van der Waals surface area (Å²) in [6, 6.07) is 13.7. The molecule has 1 N–H and O–H groups in total. The van der Waals surface area contributed by atoms with E-state index in [1.807, 2.05) is 37.3 Å². The van der Waals surface area contributed by atoms with Gasteiger partial charge in [0.1, 0.15) is 17.2 Å². The van der Waals surface area contributed by atoms with E-state index >= 15 is 0 Å². The molecule has 0 aliphatic rings. The zero-order valence-electron chi connectivity index (χ0n) is 12.4. The number of amides is 1. The van der Waals surface area contributed by atoms with Gasteiger partial charge in [-0.2, -0.15) is 0 Å². The average Bonchev–Trinajstić information content (AvgIpc) is 2.94. The molecule has 0 aliphatic heterocycles. The third-order valence-corrected chi connectivity index (χ3v) is 3.65. The molecule has 1 aromatic heterocycles. The summed E-state index contributed by atoms with van der Waals surface area (Å²) in [5, 5.41) is 3.81. The van der Waals surface area contributed by atoms with Crippen molar-refractivity contribution in [3.63, 3.8) is 0 Å². The number of nitrogens with one attached hydrogen (secondary N) is 1. The average molecular weight is 297 g/mol. The van der Waals surface area contributed by atoms with Gasteiger partial charge in [0.05, 0.1) is 6.04 Å². The SMILES string of the molecule is Cc1ccc(C(=O)NC(C)c2cc3ccccc3o2)cc1F. The van der Waals surface area contributed by atoms with Crippen LogP contribution in [-0.2, 0) is 0 Å². The minimum absolute atomic E-state index is 0.297. The highest BCUT2D eigenvalue weighted by Crippen LogP contribution is 2.23. The Bertz CT molecular complexity index is 805. The summed E-state index contributed by atoms with van der Waals surface area (Å²) in [7, 11) is 0. The maximum atomic E-state index is 13.5. The van der Waals surface area contributed by atoms with Crippen LogP contribution in [-0.4, -0.2) is 5.91 Å². The van der Waals surface area contributed by atoms with E-state index in [-0.39, 0.29) is 17.8 Å². The molecular formula is C18H16FNO2. The third-order valence-electron chi connectivity index (χ3n) is 3.65. The number of para-hydroxylation sites is 1. The number of halogens is 1. The molecule has 1 atom stereocenters. The normalized spacial score (nSPS) is 12.3. The van der Waals surface area contributed by atoms with Crippen molar-refractivity contribution in [3.8, 4) is 0 Å². The first-order valence-corrected chi connectivity index (χ1v) is 7.10. The summed E-state index contributed by atoms with van der Waals surface area (Å²) >= 11 is 0. The lowest BCUT2D eigenvalue weighted by molar-refractivity contribution is 0.0935. The number of benzene rings is 2. The minimum atomic E-state index is -0.385. The van der Waals surface area contributed by atoms with Crippen molar-refractivity contribution in [2.45, 2.75) is 19.9 Å². The van der Waals surface area contributed by atoms with Crippen LogP contribution in [0.2, 0.25) is 0 Å². The fourth-order valence-electron chi connectivity index (χ4n) is 2.30. The Morgan fingerprint density at radius 1 is 1.18 bits per heavy atom. The molecule has 22 heavy (non-hydrogen) atoms. The molecule has 0 radical (unpaired) electrons. The van der Waals surface area contributed by atoms with Crippen LogP contribution >= 0.6 is 0 Å². The molecule has 112 valence electrons. The van der Waals surface area contributed by atoms with Crippen molar-refractivity contribution in [1.29, 1.82) is 0 Å². The van der Waals surface area contributed by atoms with E-state index in [0.717, 1.165) is 11.0 Å². The molecule has 0 aliphatic carbocycles. The van der Waals surface area contributed by atoms with Gasteiger partial charge in [-0.15, -0.1) is 0 Å². The monoisotopic (exact) mass is 297 g/mol. The van der Waals surface area contributed by atoms with E-state index in [1.54, 1.807) is 19.1 Å². The fourth-order valence-corrected chi connectivity index (χ4v) is 2.30. The van der Waals surface area contributed by atoms with E-state index in [4.69, 9.17) is 4.42 Å². The highest BCUT2D eigenvalue weighted by Gasteiger charge is 2.16. The number of aryl methyl sites for hydroxylation is 1. The van der Waals surface area contributed by atoms with Crippen molar-refractivity contribution in [3.05, 3.63) is 71.2 Å². The summed E-state index contributed by atoms with van der Waals surface area (Å²) in [5.74, 6) is -0.0435. The lowest BCUT2D eigenvalue weighted by atomic mass is 10.1. The van der Waals surface area contributed by atoms with Crippen LogP contribution < -0.4 is 5.32 Å². The number of fused-ring (bicyclic) bond motifs is 1. The molecule has 2 aromatic carbocycles. The molecule has 0 fully saturated rings. The van der Waals surface area contributed by atoms with Crippen LogP contribution in [0.5, 0.6) is 0 Å². The zero-order valence-corrected chi connectivity index (χ0v) is 12.4. The van der Waals surface area contributed by atoms with Gasteiger partial charge in [0.15, 0.2) is 0 Å². The van der Waals surface area contributed by atoms with Crippen molar-refractivity contribution in [1.82, 2.24) is 5.32 Å². The Morgan fingerprint density at radius 2 is 1.95 bits per heavy atom. The first kappa shape index (κ1) is 14.3. The van der Waals surface area contributed by atoms with Gasteiger partial charge in [-0.05, 0) is 43.7 Å². The second-order valence-corrected chi connectivity index (χ2v) is 5.35. The smallest absolute Gasteiger partial charge is 0.251 e. The van der Waals surface area contributed by atoms with Crippen LogP contribution in [0, 0.1) is 12.7 Å². The Balaban J connectivity index is 1.79. The van der Waals surface area contributed by atoms with Gasteiger partial charge in [0, 0.05) is 10.9 Å². The lowest BCUT2D eigenvalue weighted by Crippen LogP contribution is -2.26. The molecule has 3 nitrogen and oxygen atoms in total. The first-order valence-electron chi connectivity index (χ1n) is 7.10. The van der Waals surface area contributed by atoms with Crippen molar-refractivity contribution in [2.75, 3.05) is 0 Å². The number of hydrogen-bond donors (Lipinski definition) is 1. The third kappa shape index (κ3) is 2.72. The lowest BCUT2D eigenvalue weighted by Gasteiger charge is -2.11. The summed E-state index contributed by atoms with van der Waals surface area (Å²) in [4.78, 5) is 12.2. The molecule has 0 bridgehead atoms. The second kappa shape index (κ2) is 5.64. The summed E-state index contributed by atoms with van der Waals surface area (Å²) < 4.78 is 19.3. The maximum Gasteiger partial charge on any atom is 0.251 e. The molecule has 1 amide bonds. The van der Waals surface area contributed by atoms with E-state index in [9.17, 15) is 9.18 Å². The highest BCUT2D eigenvalue weighted by molar-refractivity contribution is 5.94. The van der Waals surface area contributed by atoms with E-state index in [0.29, 0.717) is 16.9 Å². The standard InChI is InChI=1S/C18H16FNO2/c1-11-7-8-14(9-15(11)19)18(21)20-12(2)17-10-13-5-3-4-6-16(13)22-17/h3-10,12H,1-2H3,(H,20,21).